The van der Waals surface area contributed by atoms with Crippen LogP contribution in [-0.4, -0.2) is 25.2 Å². The summed E-state index contributed by atoms with van der Waals surface area (Å²) in [6.07, 6.45) is 2.30. The SMILES string of the molecule is Cc1ccc(-c2ccc(C(=O)NC[C@@H]3CCCO3)cc2)cc1. The Morgan fingerprint density at radius 1 is 1.09 bits per heavy atom. The molecule has 0 aliphatic carbocycles. The molecule has 3 rings (SSSR count). The van der Waals surface area contributed by atoms with Crippen LogP contribution < -0.4 is 5.32 Å². The highest BCUT2D eigenvalue weighted by molar-refractivity contribution is 5.94. The minimum atomic E-state index is -0.0362. The third kappa shape index (κ3) is 3.55. The van der Waals surface area contributed by atoms with Crippen molar-refractivity contribution < 1.29 is 9.53 Å². The van der Waals surface area contributed by atoms with Gasteiger partial charge in [-0.1, -0.05) is 42.0 Å². The topological polar surface area (TPSA) is 38.3 Å². The van der Waals surface area contributed by atoms with E-state index in [1.165, 1.54) is 5.56 Å². The summed E-state index contributed by atoms with van der Waals surface area (Å²) in [6, 6.07) is 16.1. The molecule has 0 saturated carbocycles. The Kier molecular flexibility index (Phi) is 4.54. The normalized spacial score (nSPS) is 17.4. The number of hydrogen-bond acceptors (Lipinski definition) is 2. The number of ether oxygens (including phenoxy) is 1. The Morgan fingerprint density at radius 2 is 1.73 bits per heavy atom. The van der Waals surface area contributed by atoms with Gasteiger partial charge in [-0.25, -0.2) is 0 Å². The van der Waals surface area contributed by atoms with Crippen molar-refractivity contribution in [3.05, 3.63) is 59.7 Å². The second-order valence-corrected chi connectivity index (χ2v) is 5.79. The number of rotatable bonds is 4. The van der Waals surface area contributed by atoms with Gasteiger partial charge in [-0.15, -0.1) is 0 Å². The molecule has 0 spiro atoms. The number of benzene rings is 2. The molecule has 0 radical (unpaired) electrons. The summed E-state index contributed by atoms with van der Waals surface area (Å²) in [6.45, 7) is 3.48. The zero-order chi connectivity index (χ0) is 15.4. The molecule has 1 aliphatic rings. The van der Waals surface area contributed by atoms with E-state index in [1.807, 2.05) is 24.3 Å². The number of hydrogen-bond donors (Lipinski definition) is 1. The van der Waals surface area contributed by atoms with E-state index in [0.29, 0.717) is 12.1 Å². The molecule has 1 saturated heterocycles. The lowest BCUT2D eigenvalue weighted by Gasteiger charge is -2.11. The average Bonchev–Trinajstić information content (AvgIpc) is 3.07. The van der Waals surface area contributed by atoms with Crippen LogP contribution >= 0.6 is 0 Å². The van der Waals surface area contributed by atoms with Gasteiger partial charge in [0.15, 0.2) is 0 Å². The van der Waals surface area contributed by atoms with Gasteiger partial charge in [-0.05, 0) is 43.0 Å². The van der Waals surface area contributed by atoms with E-state index in [4.69, 9.17) is 4.74 Å². The maximum Gasteiger partial charge on any atom is 0.251 e. The minimum absolute atomic E-state index is 0.0362. The molecule has 22 heavy (non-hydrogen) atoms. The van der Waals surface area contributed by atoms with Crippen LogP contribution in [0, 0.1) is 6.92 Å². The minimum Gasteiger partial charge on any atom is -0.376 e. The smallest absolute Gasteiger partial charge is 0.251 e. The summed E-state index contributed by atoms with van der Waals surface area (Å²) in [5.41, 5.74) is 4.22. The van der Waals surface area contributed by atoms with Crippen molar-refractivity contribution >= 4 is 5.91 Å². The summed E-state index contributed by atoms with van der Waals surface area (Å²) in [5.74, 6) is -0.0362. The lowest BCUT2D eigenvalue weighted by atomic mass is 10.0. The molecule has 3 heteroatoms. The van der Waals surface area contributed by atoms with Crippen LogP contribution in [0.1, 0.15) is 28.8 Å². The quantitative estimate of drug-likeness (QED) is 0.936. The molecule has 2 aromatic carbocycles. The van der Waals surface area contributed by atoms with Gasteiger partial charge < -0.3 is 10.1 Å². The van der Waals surface area contributed by atoms with Gasteiger partial charge in [0.2, 0.25) is 0 Å². The fraction of sp³-hybridized carbons (Fsp3) is 0.316. The van der Waals surface area contributed by atoms with Crippen molar-refractivity contribution in [1.29, 1.82) is 0 Å². The molecular weight excluding hydrogens is 274 g/mol. The third-order valence-electron chi connectivity index (χ3n) is 4.05. The van der Waals surface area contributed by atoms with Gasteiger partial charge in [-0.2, -0.15) is 0 Å². The van der Waals surface area contributed by atoms with E-state index in [2.05, 4.69) is 36.5 Å². The van der Waals surface area contributed by atoms with Gasteiger partial charge in [0.25, 0.3) is 5.91 Å². The maximum absolute atomic E-state index is 12.1. The first-order valence-corrected chi connectivity index (χ1v) is 7.79. The number of amides is 1. The molecule has 1 aliphatic heterocycles. The Morgan fingerprint density at radius 3 is 2.32 bits per heavy atom. The highest BCUT2D eigenvalue weighted by Gasteiger charge is 2.16. The van der Waals surface area contributed by atoms with E-state index >= 15 is 0 Å². The van der Waals surface area contributed by atoms with Crippen LogP contribution in [-0.2, 0) is 4.74 Å². The van der Waals surface area contributed by atoms with Crippen LogP contribution in [0.25, 0.3) is 11.1 Å². The molecule has 0 bridgehead atoms. The van der Waals surface area contributed by atoms with Crippen molar-refractivity contribution in [2.45, 2.75) is 25.9 Å². The fourth-order valence-electron chi connectivity index (χ4n) is 2.67. The molecule has 1 fully saturated rings. The molecule has 1 N–H and O–H groups in total. The van der Waals surface area contributed by atoms with E-state index in [0.717, 1.165) is 30.6 Å². The second-order valence-electron chi connectivity index (χ2n) is 5.79. The molecule has 2 aromatic rings. The summed E-state index contributed by atoms with van der Waals surface area (Å²) < 4.78 is 5.51. The molecule has 1 atom stereocenters. The van der Waals surface area contributed by atoms with Crippen LogP contribution in [0.15, 0.2) is 48.5 Å². The summed E-state index contributed by atoms with van der Waals surface area (Å²) in [4.78, 5) is 12.1. The second kappa shape index (κ2) is 6.75. The van der Waals surface area contributed by atoms with Crippen LogP contribution in [0.4, 0.5) is 0 Å². The first kappa shape index (κ1) is 14.8. The first-order valence-electron chi connectivity index (χ1n) is 7.79. The molecule has 3 nitrogen and oxygen atoms in total. The zero-order valence-corrected chi connectivity index (χ0v) is 12.8. The molecule has 114 valence electrons. The Labute approximate surface area is 131 Å². The predicted octanol–water partition coefficient (Wildman–Crippen LogP) is 3.57. The molecule has 0 aromatic heterocycles. The standard InChI is InChI=1S/C19H21NO2/c1-14-4-6-15(7-5-14)16-8-10-17(11-9-16)19(21)20-13-18-3-2-12-22-18/h4-11,18H,2-3,12-13H2,1H3,(H,20,21)/t18-/m0/s1. The molecule has 0 unspecified atom stereocenters. The number of nitrogens with one attached hydrogen (secondary N) is 1. The number of carbonyl (C=O) groups excluding carboxylic acids is 1. The van der Waals surface area contributed by atoms with E-state index in [-0.39, 0.29) is 12.0 Å². The Bertz CT molecular complexity index is 625. The van der Waals surface area contributed by atoms with Gasteiger partial charge in [-0.3, -0.25) is 4.79 Å². The van der Waals surface area contributed by atoms with Crippen molar-refractivity contribution in [2.75, 3.05) is 13.2 Å². The highest BCUT2D eigenvalue weighted by Crippen LogP contribution is 2.20. The summed E-state index contributed by atoms with van der Waals surface area (Å²) >= 11 is 0. The van der Waals surface area contributed by atoms with Crippen LogP contribution in [0.5, 0.6) is 0 Å². The van der Waals surface area contributed by atoms with E-state index in [1.54, 1.807) is 0 Å². The molecular formula is C19H21NO2. The lowest BCUT2D eigenvalue weighted by molar-refractivity contribution is 0.0858. The summed E-state index contributed by atoms with van der Waals surface area (Å²) in [5, 5.41) is 2.94. The molecule has 1 amide bonds. The summed E-state index contributed by atoms with van der Waals surface area (Å²) in [7, 11) is 0. The highest BCUT2D eigenvalue weighted by atomic mass is 16.5. The van der Waals surface area contributed by atoms with Crippen molar-refractivity contribution in [3.8, 4) is 11.1 Å². The Balaban J connectivity index is 1.62. The largest absolute Gasteiger partial charge is 0.376 e. The van der Waals surface area contributed by atoms with Crippen molar-refractivity contribution in [2.24, 2.45) is 0 Å². The van der Waals surface area contributed by atoms with E-state index in [9.17, 15) is 4.79 Å². The average molecular weight is 295 g/mol. The molecule has 1 heterocycles. The number of carbonyl (C=O) groups is 1. The number of aryl methyl sites for hydroxylation is 1. The van der Waals surface area contributed by atoms with Gasteiger partial charge in [0.05, 0.1) is 6.10 Å². The third-order valence-corrected chi connectivity index (χ3v) is 4.05. The van der Waals surface area contributed by atoms with Crippen molar-refractivity contribution in [3.63, 3.8) is 0 Å². The van der Waals surface area contributed by atoms with Crippen LogP contribution in [0.2, 0.25) is 0 Å². The van der Waals surface area contributed by atoms with Gasteiger partial charge in [0.1, 0.15) is 0 Å². The Hall–Kier alpha value is -2.13. The van der Waals surface area contributed by atoms with Gasteiger partial charge >= 0.3 is 0 Å². The van der Waals surface area contributed by atoms with E-state index < -0.39 is 0 Å². The van der Waals surface area contributed by atoms with Crippen molar-refractivity contribution in [1.82, 2.24) is 5.32 Å². The monoisotopic (exact) mass is 295 g/mol. The maximum atomic E-state index is 12.1. The lowest BCUT2D eigenvalue weighted by Crippen LogP contribution is -2.31. The van der Waals surface area contributed by atoms with Gasteiger partial charge in [0, 0.05) is 18.7 Å². The fourth-order valence-corrected chi connectivity index (χ4v) is 2.67. The first-order chi connectivity index (χ1) is 10.7. The van der Waals surface area contributed by atoms with Crippen LogP contribution in [0.3, 0.4) is 0 Å². The zero-order valence-electron chi connectivity index (χ0n) is 12.8. The predicted molar refractivity (Wildman–Crippen MR) is 87.9 cm³/mol.